The highest BCUT2D eigenvalue weighted by molar-refractivity contribution is 5.78. The first kappa shape index (κ1) is 15.0. The summed E-state index contributed by atoms with van der Waals surface area (Å²) in [4.78, 5) is 21.9. The fourth-order valence-corrected chi connectivity index (χ4v) is 3.31. The van der Waals surface area contributed by atoms with Crippen LogP contribution >= 0.6 is 0 Å². The SMILES string of the molecule is O=c1[nH]c(NCC(c2ccco2)N2CCCC2)nc2ccccc12. The number of H-pyrrole nitrogens is 1. The van der Waals surface area contributed by atoms with Crippen LogP contribution in [-0.2, 0) is 0 Å². The Kier molecular flexibility index (Phi) is 4.04. The Labute approximate surface area is 139 Å². The lowest BCUT2D eigenvalue weighted by molar-refractivity contribution is 0.225. The van der Waals surface area contributed by atoms with Crippen LogP contribution in [0.15, 0.2) is 51.9 Å². The maximum atomic E-state index is 12.2. The van der Waals surface area contributed by atoms with E-state index < -0.39 is 0 Å². The van der Waals surface area contributed by atoms with Gasteiger partial charge in [-0.15, -0.1) is 0 Å². The molecule has 1 aliphatic heterocycles. The molecule has 3 aromatic rings. The lowest BCUT2D eigenvalue weighted by Crippen LogP contribution is -2.31. The highest BCUT2D eigenvalue weighted by atomic mass is 16.3. The van der Waals surface area contributed by atoms with Crippen LogP contribution in [0, 0.1) is 0 Å². The van der Waals surface area contributed by atoms with Gasteiger partial charge in [-0.3, -0.25) is 14.7 Å². The molecule has 6 heteroatoms. The maximum absolute atomic E-state index is 12.2. The van der Waals surface area contributed by atoms with Gasteiger partial charge in [-0.05, 0) is 50.2 Å². The third-order valence-electron chi connectivity index (χ3n) is 4.53. The monoisotopic (exact) mass is 324 g/mol. The maximum Gasteiger partial charge on any atom is 0.260 e. The summed E-state index contributed by atoms with van der Waals surface area (Å²) in [5, 5.41) is 3.88. The van der Waals surface area contributed by atoms with Crippen molar-refractivity contribution in [3.63, 3.8) is 0 Å². The summed E-state index contributed by atoms with van der Waals surface area (Å²) in [7, 11) is 0. The molecule has 2 N–H and O–H groups in total. The smallest absolute Gasteiger partial charge is 0.260 e. The molecule has 1 unspecified atom stereocenters. The molecular weight excluding hydrogens is 304 g/mol. The summed E-state index contributed by atoms with van der Waals surface area (Å²) < 4.78 is 5.62. The largest absolute Gasteiger partial charge is 0.468 e. The first-order valence-corrected chi connectivity index (χ1v) is 8.31. The number of likely N-dealkylation sites (tertiary alicyclic amines) is 1. The van der Waals surface area contributed by atoms with Gasteiger partial charge in [0.05, 0.1) is 23.2 Å². The molecule has 0 saturated carbocycles. The van der Waals surface area contributed by atoms with Gasteiger partial charge in [-0.1, -0.05) is 12.1 Å². The van der Waals surface area contributed by atoms with Gasteiger partial charge >= 0.3 is 0 Å². The first-order chi connectivity index (χ1) is 11.8. The number of nitrogens with zero attached hydrogens (tertiary/aromatic N) is 2. The summed E-state index contributed by atoms with van der Waals surface area (Å²) in [5.74, 6) is 1.43. The number of anilines is 1. The Morgan fingerprint density at radius 2 is 2.04 bits per heavy atom. The van der Waals surface area contributed by atoms with Gasteiger partial charge in [0.25, 0.3) is 5.56 Å². The third-order valence-corrected chi connectivity index (χ3v) is 4.53. The highest BCUT2D eigenvalue weighted by Gasteiger charge is 2.25. The molecule has 2 aromatic heterocycles. The molecule has 1 aliphatic rings. The Hall–Kier alpha value is -2.60. The number of hydrogen-bond acceptors (Lipinski definition) is 5. The zero-order chi connectivity index (χ0) is 16.4. The minimum absolute atomic E-state index is 0.126. The van der Waals surface area contributed by atoms with Gasteiger partial charge in [-0.25, -0.2) is 4.98 Å². The molecule has 1 atom stereocenters. The fourth-order valence-electron chi connectivity index (χ4n) is 3.31. The number of rotatable bonds is 5. The van der Waals surface area contributed by atoms with Crippen molar-refractivity contribution in [1.29, 1.82) is 0 Å². The lowest BCUT2D eigenvalue weighted by Gasteiger charge is -2.26. The number of para-hydroxylation sites is 1. The molecule has 24 heavy (non-hydrogen) atoms. The van der Waals surface area contributed by atoms with E-state index in [1.54, 1.807) is 12.3 Å². The second kappa shape index (κ2) is 6.49. The number of benzene rings is 1. The van der Waals surface area contributed by atoms with E-state index in [0.29, 0.717) is 23.4 Å². The Morgan fingerprint density at radius 3 is 2.83 bits per heavy atom. The molecule has 0 radical (unpaired) electrons. The number of fused-ring (bicyclic) bond motifs is 1. The van der Waals surface area contributed by atoms with Gasteiger partial charge in [0.15, 0.2) is 0 Å². The van der Waals surface area contributed by atoms with Crippen molar-refractivity contribution in [1.82, 2.24) is 14.9 Å². The number of aromatic amines is 1. The van der Waals surface area contributed by atoms with Gasteiger partial charge in [0, 0.05) is 6.54 Å². The van der Waals surface area contributed by atoms with Gasteiger partial charge < -0.3 is 9.73 Å². The van der Waals surface area contributed by atoms with Crippen molar-refractivity contribution < 1.29 is 4.42 Å². The first-order valence-electron chi connectivity index (χ1n) is 8.31. The van der Waals surface area contributed by atoms with E-state index >= 15 is 0 Å². The van der Waals surface area contributed by atoms with Crippen molar-refractivity contribution in [2.45, 2.75) is 18.9 Å². The predicted octanol–water partition coefficient (Wildman–Crippen LogP) is 2.77. The van der Waals surface area contributed by atoms with E-state index in [4.69, 9.17) is 4.42 Å². The van der Waals surface area contributed by atoms with E-state index in [0.717, 1.165) is 18.8 Å². The predicted molar refractivity (Wildman–Crippen MR) is 93.1 cm³/mol. The molecule has 1 saturated heterocycles. The van der Waals surface area contributed by atoms with E-state index in [1.165, 1.54) is 12.8 Å². The summed E-state index contributed by atoms with van der Waals surface area (Å²) in [6, 6.07) is 11.4. The molecule has 0 bridgehead atoms. The van der Waals surface area contributed by atoms with Crippen LogP contribution in [0.5, 0.6) is 0 Å². The molecule has 0 spiro atoms. The van der Waals surface area contributed by atoms with Gasteiger partial charge in [0.1, 0.15) is 5.76 Å². The lowest BCUT2D eigenvalue weighted by atomic mass is 10.2. The van der Waals surface area contributed by atoms with Crippen LogP contribution in [0.4, 0.5) is 5.95 Å². The van der Waals surface area contributed by atoms with Crippen LogP contribution in [0.1, 0.15) is 24.6 Å². The molecule has 3 heterocycles. The number of hydrogen-bond donors (Lipinski definition) is 2. The zero-order valence-electron chi connectivity index (χ0n) is 13.4. The second-order valence-corrected chi connectivity index (χ2v) is 6.09. The van der Waals surface area contributed by atoms with E-state index in [1.807, 2.05) is 30.3 Å². The van der Waals surface area contributed by atoms with Crippen LogP contribution in [-0.4, -0.2) is 34.5 Å². The molecule has 6 nitrogen and oxygen atoms in total. The molecule has 0 amide bonds. The van der Waals surface area contributed by atoms with Crippen molar-refractivity contribution in [2.24, 2.45) is 0 Å². The summed E-state index contributed by atoms with van der Waals surface area (Å²) >= 11 is 0. The topological polar surface area (TPSA) is 74.2 Å². The molecule has 4 rings (SSSR count). The minimum Gasteiger partial charge on any atom is -0.468 e. The van der Waals surface area contributed by atoms with Gasteiger partial charge in [-0.2, -0.15) is 0 Å². The molecular formula is C18H20N4O2. The summed E-state index contributed by atoms with van der Waals surface area (Å²) in [5.41, 5.74) is 0.568. The third kappa shape index (κ3) is 2.92. The van der Waals surface area contributed by atoms with E-state index in [9.17, 15) is 4.79 Å². The van der Waals surface area contributed by atoms with Crippen LogP contribution in [0.25, 0.3) is 10.9 Å². The van der Waals surface area contributed by atoms with Crippen LogP contribution in [0.3, 0.4) is 0 Å². The number of nitrogens with one attached hydrogen (secondary N) is 2. The van der Waals surface area contributed by atoms with Crippen LogP contribution < -0.4 is 10.9 Å². The minimum atomic E-state index is -0.126. The molecule has 124 valence electrons. The number of furan rings is 1. The Bertz CT molecular complexity index is 866. The fraction of sp³-hybridized carbons (Fsp3) is 0.333. The van der Waals surface area contributed by atoms with Gasteiger partial charge in [0.2, 0.25) is 5.95 Å². The van der Waals surface area contributed by atoms with Crippen molar-refractivity contribution in [3.05, 3.63) is 58.8 Å². The molecule has 1 aromatic carbocycles. The van der Waals surface area contributed by atoms with Crippen molar-refractivity contribution in [3.8, 4) is 0 Å². The summed E-state index contributed by atoms with van der Waals surface area (Å²) in [6.45, 7) is 2.76. The zero-order valence-corrected chi connectivity index (χ0v) is 13.4. The van der Waals surface area contributed by atoms with Crippen molar-refractivity contribution >= 4 is 16.9 Å². The normalized spacial score (nSPS) is 16.5. The molecule has 1 fully saturated rings. The Balaban J connectivity index is 1.57. The average Bonchev–Trinajstić information content (AvgIpc) is 3.29. The standard InChI is InChI=1S/C18H20N4O2/c23-17-13-6-1-2-7-14(13)20-18(21-17)19-12-15(16-8-5-11-24-16)22-9-3-4-10-22/h1-2,5-8,11,15H,3-4,9-10,12H2,(H2,19,20,21,23). The highest BCUT2D eigenvalue weighted by Crippen LogP contribution is 2.25. The van der Waals surface area contributed by atoms with Crippen molar-refractivity contribution in [2.75, 3.05) is 25.0 Å². The second-order valence-electron chi connectivity index (χ2n) is 6.09. The summed E-state index contributed by atoms with van der Waals surface area (Å²) in [6.07, 6.45) is 4.12. The quantitative estimate of drug-likeness (QED) is 0.755. The average molecular weight is 324 g/mol. The van der Waals surface area contributed by atoms with E-state index in [-0.39, 0.29) is 11.6 Å². The van der Waals surface area contributed by atoms with E-state index in [2.05, 4.69) is 20.2 Å². The Morgan fingerprint density at radius 1 is 1.21 bits per heavy atom. The number of aromatic nitrogens is 2. The van der Waals surface area contributed by atoms with Crippen LogP contribution in [0.2, 0.25) is 0 Å². The molecule has 0 aliphatic carbocycles.